The van der Waals surface area contributed by atoms with Gasteiger partial charge in [0.25, 0.3) is 20.6 Å². The molecule has 0 spiro atoms. The Bertz CT molecular complexity index is 3160. The lowest BCUT2D eigenvalue weighted by Gasteiger charge is -2.03. The summed E-state index contributed by atoms with van der Waals surface area (Å²) in [7, 11) is 0. The van der Waals surface area contributed by atoms with Gasteiger partial charge in [-0.25, -0.2) is 28.2 Å². The van der Waals surface area contributed by atoms with Crippen molar-refractivity contribution in [2.24, 2.45) is 0 Å². The van der Waals surface area contributed by atoms with Crippen molar-refractivity contribution >= 4 is 157 Å². The Morgan fingerprint density at radius 2 is 0.829 bits per heavy atom. The van der Waals surface area contributed by atoms with Gasteiger partial charge in [-0.3, -0.25) is 0 Å². The zero-order valence-electron chi connectivity index (χ0n) is 42.2. The smallest absolute Gasteiger partial charge is 0.255 e. The fourth-order valence-corrected chi connectivity index (χ4v) is 9.42. The third kappa shape index (κ3) is 20.4. The number of nitrogens with zero attached hydrogens (tertiary/aromatic N) is 7. The lowest BCUT2D eigenvalue weighted by molar-refractivity contribution is -0.694. The molecular formula is C56H58Br4Cl8N8. The quantitative estimate of drug-likeness (QED) is 0.104. The molecule has 0 fully saturated rings. The summed E-state index contributed by atoms with van der Waals surface area (Å²) in [5, 5.41) is 13.9. The molecule has 1 N–H and O–H groups in total. The van der Waals surface area contributed by atoms with Crippen LogP contribution in [0.5, 0.6) is 0 Å². The van der Waals surface area contributed by atoms with Crippen LogP contribution in [0.2, 0.25) is 41.2 Å². The predicted molar refractivity (Wildman–Crippen MR) is 323 cm³/mol. The Morgan fingerprint density at radius 3 is 1.09 bits per heavy atom. The number of aryl methyl sites for hydroxylation is 8. The van der Waals surface area contributed by atoms with Gasteiger partial charge in [0.05, 0.1) is 38.8 Å². The zero-order valence-corrected chi connectivity index (χ0v) is 54.6. The van der Waals surface area contributed by atoms with E-state index in [0.717, 1.165) is 62.6 Å². The zero-order chi connectivity index (χ0) is 53.6. The molecule has 0 aliphatic carbocycles. The summed E-state index contributed by atoms with van der Waals surface area (Å²) in [4.78, 5) is 9.97. The van der Waals surface area contributed by atoms with Gasteiger partial charge in [-0.15, -0.1) is 0 Å². The van der Waals surface area contributed by atoms with E-state index in [4.69, 9.17) is 92.8 Å². The first-order valence-corrected chi connectivity index (χ1v) is 29.1. The normalized spacial score (nSPS) is 10.3. The third-order valence-corrected chi connectivity index (χ3v) is 14.9. The number of benzene rings is 6. The van der Waals surface area contributed by atoms with Gasteiger partial charge >= 0.3 is 0 Å². The van der Waals surface area contributed by atoms with Crippen molar-refractivity contribution in [2.45, 2.75) is 79.7 Å². The van der Waals surface area contributed by atoms with Gasteiger partial charge in [0.1, 0.15) is 10.3 Å². The second-order valence-electron chi connectivity index (χ2n) is 16.2. The van der Waals surface area contributed by atoms with Crippen LogP contribution in [-0.2, 0) is 52.0 Å². The summed E-state index contributed by atoms with van der Waals surface area (Å²) >= 11 is 53.4. The van der Waals surface area contributed by atoms with Crippen molar-refractivity contribution in [2.75, 3.05) is 10.7 Å². The lowest BCUT2D eigenvalue weighted by Crippen LogP contribution is -3.00. The highest BCUT2D eigenvalue weighted by Gasteiger charge is 2.20. The number of H-pyrrole nitrogens is 1. The van der Waals surface area contributed by atoms with Gasteiger partial charge in [0.2, 0.25) is 12.7 Å². The molecule has 4 heterocycles. The molecular weight excluding hydrogens is 1390 g/mol. The maximum absolute atomic E-state index is 6.26. The highest BCUT2D eigenvalue weighted by Crippen LogP contribution is 2.23. The minimum Gasteiger partial charge on any atom is -1.00 e. The molecule has 0 saturated heterocycles. The van der Waals surface area contributed by atoms with E-state index in [-0.39, 0.29) is 34.0 Å². The van der Waals surface area contributed by atoms with E-state index in [2.05, 4.69) is 188 Å². The van der Waals surface area contributed by atoms with Gasteiger partial charge in [-0.1, -0.05) is 213 Å². The Balaban J connectivity index is 0.000000258. The largest absolute Gasteiger partial charge is 1.00 e. The van der Waals surface area contributed by atoms with E-state index in [1.54, 1.807) is 10.9 Å². The van der Waals surface area contributed by atoms with Crippen LogP contribution in [0.1, 0.15) is 44.4 Å². The van der Waals surface area contributed by atoms with Crippen molar-refractivity contribution in [3.05, 3.63) is 211 Å². The number of hydrogen-bond acceptors (Lipinski definition) is 2. The molecule has 0 unspecified atom stereocenters. The van der Waals surface area contributed by atoms with Gasteiger partial charge in [0, 0.05) is 30.0 Å². The number of alkyl halides is 2. The number of aromatic amines is 1. The molecule has 406 valence electrons. The highest BCUT2D eigenvalue weighted by atomic mass is 79.9. The Kier molecular flexibility index (Phi) is 31.7. The summed E-state index contributed by atoms with van der Waals surface area (Å²) in [6.07, 6.45) is 9.97. The summed E-state index contributed by atoms with van der Waals surface area (Å²) in [5.41, 5.74) is 4.01. The molecule has 0 radical (unpaired) electrons. The van der Waals surface area contributed by atoms with Crippen molar-refractivity contribution < 1.29 is 43.1 Å². The molecule has 0 bridgehead atoms. The minimum atomic E-state index is 0. The molecule has 10 aromatic rings. The van der Waals surface area contributed by atoms with Crippen molar-refractivity contribution in [1.29, 1.82) is 0 Å². The number of imidazole rings is 4. The number of nitrogens with one attached hydrogen (secondary N) is 1. The number of halogens is 12. The Morgan fingerprint density at radius 1 is 0.461 bits per heavy atom. The van der Waals surface area contributed by atoms with Gasteiger partial charge in [-0.05, 0) is 123 Å². The molecule has 76 heavy (non-hydrogen) atoms. The van der Waals surface area contributed by atoms with Crippen LogP contribution >= 0.6 is 125 Å². The summed E-state index contributed by atoms with van der Waals surface area (Å²) < 4.78 is 9.67. The monoisotopic (exact) mass is 1440 g/mol. The minimum absolute atomic E-state index is 0. The molecule has 8 nitrogen and oxygen atoms in total. The first kappa shape index (κ1) is 67.5. The first-order valence-electron chi connectivity index (χ1n) is 23.9. The van der Waals surface area contributed by atoms with Crippen LogP contribution in [-0.4, -0.2) is 39.3 Å². The van der Waals surface area contributed by atoms with Crippen LogP contribution in [0.4, 0.5) is 0 Å². The number of hydrogen-bond donors (Lipinski definition) is 1. The van der Waals surface area contributed by atoms with Gasteiger partial charge in [-0.2, -0.15) is 0 Å². The van der Waals surface area contributed by atoms with Gasteiger partial charge < -0.3 is 43.5 Å². The molecule has 10 rings (SSSR count). The molecule has 0 aliphatic heterocycles. The third-order valence-electron chi connectivity index (χ3n) is 11.3. The molecule has 6 aromatic carbocycles. The molecule has 4 aromatic heterocycles. The summed E-state index contributed by atoms with van der Waals surface area (Å²) in [6.45, 7) is 12.2. The van der Waals surface area contributed by atoms with E-state index >= 15 is 0 Å². The van der Waals surface area contributed by atoms with Crippen LogP contribution in [0.25, 0.3) is 32.3 Å². The summed E-state index contributed by atoms with van der Waals surface area (Å²) in [5.74, 6) is 0. The van der Waals surface area contributed by atoms with E-state index in [1.165, 1.54) is 55.3 Å². The van der Waals surface area contributed by atoms with Crippen molar-refractivity contribution in [3.8, 4) is 0 Å². The number of aromatic nitrogens is 8. The van der Waals surface area contributed by atoms with Crippen LogP contribution in [0.15, 0.2) is 153 Å². The van der Waals surface area contributed by atoms with E-state index < -0.39 is 0 Å². The molecule has 0 aliphatic rings. The molecule has 0 saturated carbocycles. The van der Waals surface area contributed by atoms with Crippen LogP contribution in [0.3, 0.4) is 0 Å². The van der Waals surface area contributed by atoms with Crippen LogP contribution < -0.4 is 43.1 Å². The highest BCUT2D eigenvalue weighted by molar-refractivity contribution is 9.09. The lowest BCUT2D eigenvalue weighted by atomic mass is 10.1. The standard InChI is InChI=1S/2C17H17Cl2N2.C12H11Br.C5H6Cl2N2.C3H2Cl2N2.C2H5Br.2BrH/c2*1-2-20-12-21(17(19)16(20)18)10-9-13-7-8-14-5-3-4-6-15(14)11-13;13-8-7-10-5-6-11-3-1-2-4-12(11)9-10;1-2-9-3-8-4(6)5(9)7;4-2-3(5)7-1-6-2;1-2-3;;/h2*3-8,11-12H,2,9-10H2,1H3;1-6,9H,7-8H2;3H,2H2,1H3;1H,(H,6,7);2H2,1H3;2*1H/q2*+1;;;;;;/p-2. The topological polar surface area (TPSA) is 64.1 Å². The first-order chi connectivity index (χ1) is 35.7. The number of rotatable bonds is 11. The van der Waals surface area contributed by atoms with Crippen molar-refractivity contribution in [1.82, 2.24) is 28.7 Å². The molecule has 20 heteroatoms. The average Bonchev–Trinajstić information content (AvgIpc) is 4.14. The van der Waals surface area contributed by atoms with Crippen LogP contribution in [0, 0.1) is 0 Å². The Labute approximate surface area is 524 Å². The molecule has 0 atom stereocenters. The SMILES string of the molecule is BrCCc1ccc2ccccc2c1.CCBr.CCn1c[n+](CCc2ccc3ccccc3c2)c(Cl)c1Cl.CCn1c[n+](CCc2ccc3ccccc3c2)c(Cl)c1Cl.CCn1cnc(Cl)c1Cl.Clc1nc[nH]c1Cl.[Br-].[Br-]. The van der Waals surface area contributed by atoms with Crippen molar-refractivity contribution in [3.63, 3.8) is 0 Å². The van der Waals surface area contributed by atoms with E-state index in [0.29, 0.717) is 41.2 Å². The maximum atomic E-state index is 6.26. The average molecular weight is 1450 g/mol. The van der Waals surface area contributed by atoms with E-state index in [1.807, 2.05) is 44.8 Å². The van der Waals surface area contributed by atoms with E-state index in [9.17, 15) is 0 Å². The summed E-state index contributed by atoms with van der Waals surface area (Å²) in [6, 6.07) is 45.1. The fourth-order valence-electron chi connectivity index (χ4n) is 7.38. The van der Waals surface area contributed by atoms with Gasteiger partial charge in [0.15, 0.2) is 10.3 Å². The number of fused-ring (bicyclic) bond motifs is 3. The second kappa shape index (κ2) is 35.7. The molecule has 0 amide bonds. The fraction of sp³-hybridized carbons (Fsp3) is 0.250. The Hall–Kier alpha value is -2.82. The second-order valence-corrected chi connectivity index (χ2v) is 21.0. The predicted octanol–water partition coefficient (Wildman–Crippen LogP) is 12.1. The maximum Gasteiger partial charge on any atom is 0.255 e.